The van der Waals surface area contributed by atoms with Crippen LogP contribution in [-0.2, 0) is 28.6 Å². The fourth-order valence-electron chi connectivity index (χ4n) is 7.87. The maximum atomic E-state index is 12.9. The van der Waals surface area contributed by atoms with Crippen molar-refractivity contribution in [1.29, 1.82) is 0 Å². The van der Waals surface area contributed by atoms with Gasteiger partial charge in [-0.25, -0.2) is 0 Å². The van der Waals surface area contributed by atoms with Crippen LogP contribution < -0.4 is 0 Å². The molecule has 0 bridgehead atoms. The molecule has 0 saturated carbocycles. The van der Waals surface area contributed by atoms with E-state index in [-0.39, 0.29) is 37.5 Å². The van der Waals surface area contributed by atoms with Crippen LogP contribution in [0.1, 0.15) is 265 Å². The first kappa shape index (κ1) is 67.1. The quantitative estimate of drug-likeness (QED) is 0.0199. The van der Waals surface area contributed by atoms with Crippen LogP contribution in [0.3, 0.4) is 0 Å². The summed E-state index contributed by atoms with van der Waals surface area (Å²) < 4.78 is 16.8. The monoisotopic (exact) mass is 985 g/mol. The maximum absolute atomic E-state index is 12.9. The highest BCUT2D eigenvalue weighted by atomic mass is 16.6. The number of esters is 3. The molecule has 6 nitrogen and oxygen atoms in total. The summed E-state index contributed by atoms with van der Waals surface area (Å²) >= 11 is 0. The molecule has 0 N–H and O–H groups in total. The minimum atomic E-state index is -0.814. The van der Waals surface area contributed by atoms with Gasteiger partial charge in [0.15, 0.2) is 6.10 Å². The molecule has 0 aliphatic rings. The lowest BCUT2D eigenvalue weighted by molar-refractivity contribution is -0.166. The van der Waals surface area contributed by atoms with Crippen molar-refractivity contribution in [1.82, 2.24) is 0 Å². The Hall–Kier alpha value is -3.93. The first-order valence-electron chi connectivity index (χ1n) is 29.4. The summed E-state index contributed by atoms with van der Waals surface area (Å²) in [5.74, 6) is -0.999. The molecule has 0 heterocycles. The Morgan fingerprint density at radius 2 is 0.620 bits per heavy atom. The number of carbonyl (C=O) groups excluding carboxylic acids is 3. The van der Waals surface area contributed by atoms with Gasteiger partial charge in [-0.05, 0) is 109 Å². The zero-order valence-corrected chi connectivity index (χ0v) is 46.2. The van der Waals surface area contributed by atoms with Crippen LogP contribution in [0.4, 0.5) is 0 Å². The highest BCUT2D eigenvalue weighted by Crippen LogP contribution is 2.15. The van der Waals surface area contributed by atoms with Crippen molar-refractivity contribution < 1.29 is 28.6 Å². The van der Waals surface area contributed by atoms with Gasteiger partial charge in [0.25, 0.3) is 0 Å². The number of carbonyl (C=O) groups is 3. The van der Waals surface area contributed by atoms with Gasteiger partial charge in [-0.2, -0.15) is 0 Å². The third kappa shape index (κ3) is 56.9. The molecule has 0 aliphatic carbocycles. The molecule has 0 spiro atoms. The molecule has 0 amide bonds. The Morgan fingerprint density at radius 1 is 0.310 bits per heavy atom. The topological polar surface area (TPSA) is 78.9 Å². The van der Waals surface area contributed by atoms with E-state index in [0.717, 1.165) is 77.0 Å². The van der Waals surface area contributed by atoms with Gasteiger partial charge in [-0.15, -0.1) is 0 Å². The highest BCUT2D eigenvalue weighted by Gasteiger charge is 2.19. The molecule has 0 aromatic rings. The Morgan fingerprint density at radius 3 is 1.06 bits per heavy atom. The Bertz CT molecular complexity index is 1460. The summed E-state index contributed by atoms with van der Waals surface area (Å²) in [6.07, 6.45) is 79.4. The third-order valence-electron chi connectivity index (χ3n) is 12.3. The maximum Gasteiger partial charge on any atom is 0.306 e. The number of hydrogen-bond acceptors (Lipinski definition) is 6. The molecular formula is C65H108O6. The second kappa shape index (κ2) is 58.6. The Kier molecular flexibility index (Phi) is 55.4. The standard InChI is InChI=1S/C65H108O6/c1-4-7-10-13-16-19-22-25-28-30-32-34-37-40-43-46-49-52-55-58-64(67)70-61-62(60-69-63(66)57-54-51-48-45-42-39-36-27-24-21-18-15-12-9-6-3)71-65(68)59-56-53-50-47-44-41-38-35-33-31-29-26-23-20-17-14-11-8-5-2/h7,10,16-17,19-21,23-26,28,32,34,40,43,49,52,62H,4-6,8-9,11-15,18,22,27,29-31,33,35-39,41-42,44-48,50-51,53-61H2,1-3H3/b10-7-,19-16-,20-17-,24-21-,26-23-,28-25-,34-32-,43-40-,52-49-. The van der Waals surface area contributed by atoms with Crippen molar-refractivity contribution in [3.63, 3.8) is 0 Å². The summed E-state index contributed by atoms with van der Waals surface area (Å²) in [6.45, 7) is 6.42. The number of unbranched alkanes of at least 4 members (excludes halogenated alkanes) is 24. The number of ether oxygens (including phenoxy) is 3. The number of hydrogen-bond donors (Lipinski definition) is 0. The SMILES string of the molecule is CC/C=C\C/C=C\C/C=C\C/C=C\C/C=C\C/C=C\CCC(=O)OCC(COC(=O)CCCCCCCCC/C=C\CCCCCC)OC(=O)CCCCCCCCCCCC/C=C\C=C/CCCCC. The average Bonchev–Trinajstić information content (AvgIpc) is 3.37. The molecule has 1 atom stereocenters. The third-order valence-corrected chi connectivity index (χ3v) is 12.3. The van der Waals surface area contributed by atoms with Crippen LogP contribution >= 0.6 is 0 Å². The summed E-state index contributed by atoms with van der Waals surface area (Å²) in [5, 5.41) is 0. The van der Waals surface area contributed by atoms with E-state index >= 15 is 0 Å². The lowest BCUT2D eigenvalue weighted by Gasteiger charge is -2.18. The zero-order valence-electron chi connectivity index (χ0n) is 46.2. The van der Waals surface area contributed by atoms with E-state index in [9.17, 15) is 14.4 Å². The van der Waals surface area contributed by atoms with Gasteiger partial charge in [-0.1, -0.05) is 246 Å². The van der Waals surface area contributed by atoms with Gasteiger partial charge in [0.1, 0.15) is 13.2 Å². The smallest absolute Gasteiger partial charge is 0.306 e. The molecule has 0 aromatic heterocycles. The minimum Gasteiger partial charge on any atom is -0.462 e. The van der Waals surface area contributed by atoms with E-state index in [1.54, 1.807) is 0 Å². The Balaban J connectivity index is 4.51. The normalized spacial score (nSPS) is 12.9. The fourth-order valence-corrected chi connectivity index (χ4v) is 7.87. The molecule has 404 valence electrons. The second-order valence-corrected chi connectivity index (χ2v) is 19.2. The van der Waals surface area contributed by atoms with Gasteiger partial charge >= 0.3 is 17.9 Å². The molecule has 0 aliphatic heterocycles. The largest absolute Gasteiger partial charge is 0.462 e. The second-order valence-electron chi connectivity index (χ2n) is 19.2. The molecule has 71 heavy (non-hydrogen) atoms. The summed E-state index contributed by atoms with van der Waals surface area (Å²) in [5.41, 5.74) is 0. The fraction of sp³-hybridized carbons (Fsp3) is 0.677. The van der Waals surface area contributed by atoms with Crippen LogP contribution in [0.5, 0.6) is 0 Å². The number of allylic oxidation sites excluding steroid dienone is 18. The molecular weight excluding hydrogens is 877 g/mol. The summed E-state index contributed by atoms with van der Waals surface area (Å²) in [6, 6.07) is 0. The average molecular weight is 986 g/mol. The lowest BCUT2D eigenvalue weighted by Crippen LogP contribution is -2.30. The van der Waals surface area contributed by atoms with Crippen LogP contribution in [0.15, 0.2) is 109 Å². The molecule has 0 radical (unpaired) electrons. The van der Waals surface area contributed by atoms with Crippen LogP contribution in [-0.4, -0.2) is 37.2 Å². The number of rotatable bonds is 52. The van der Waals surface area contributed by atoms with E-state index in [0.29, 0.717) is 19.3 Å². The summed E-state index contributed by atoms with van der Waals surface area (Å²) in [7, 11) is 0. The predicted octanol–water partition coefficient (Wildman–Crippen LogP) is 19.9. The van der Waals surface area contributed by atoms with Gasteiger partial charge in [0.05, 0.1) is 0 Å². The molecule has 0 saturated heterocycles. The van der Waals surface area contributed by atoms with Gasteiger partial charge in [0.2, 0.25) is 0 Å². The summed E-state index contributed by atoms with van der Waals surface area (Å²) in [4.78, 5) is 38.2. The first-order chi connectivity index (χ1) is 35.0. The minimum absolute atomic E-state index is 0.106. The van der Waals surface area contributed by atoms with Crippen molar-refractivity contribution in [2.45, 2.75) is 271 Å². The van der Waals surface area contributed by atoms with Crippen LogP contribution in [0, 0.1) is 0 Å². The van der Waals surface area contributed by atoms with Gasteiger partial charge in [0, 0.05) is 19.3 Å². The molecule has 1 unspecified atom stereocenters. The van der Waals surface area contributed by atoms with Crippen molar-refractivity contribution in [2.24, 2.45) is 0 Å². The van der Waals surface area contributed by atoms with Crippen LogP contribution in [0.25, 0.3) is 0 Å². The van der Waals surface area contributed by atoms with E-state index in [1.165, 1.54) is 141 Å². The van der Waals surface area contributed by atoms with E-state index in [1.807, 2.05) is 6.08 Å². The molecule has 0 fully saturated rings. The lowest BCUT2D eigenvalue weighted by atomic mass is 10.1. The van der Waals surface area contributed by atoms with Gasteiger partial charge in [-0.3, -0.25) is 14.4 Å². The van der Waals surface area contributed by atoms with Crippen molar-refractivity contribution in [2.75, 3.05) is 13.2 Å². The Labute approximate surface area is 438 Å². The van der Waals surface area contributed by atoms with Crippen molar-refractivity contribution in [3.05, 3.63) is 109 Å². The predicted molar refractivity (Wildman–Crippen MR) is 307 cm³/mol. The van der Waals surface area contributed by atoms with Crippen molar-refractivity contribution in [3.8, 4) is 0 Å². The molecule has 0 aromatic carbocycles. The molecule has 0 rings (SSSR count). The zero-order chi connectivity index (χ0) is 51.4. The van der Waals surface area contributed by atoms with E-state index < -0.39 is 6.10 Å². The van der Waals surface area contributed by atoms with Crippen LogP contribution in [0.2, 0.25) is 0 Å². The van der Waals surface area contributed by atoms with E-state index in [4.69, 9.17) is 14.2 Å². The van der Waals surface area contributed by atoms with Crippen molar-refractivity contribution >= 4 is 17.9 Å². The highest BCUT2D eigenvalue weighted by molar-refractivity contribution is 5.71. The molecule has 6 heteroatoms. The van der Waals surface area contributed by atoms with Gasteiger partial charge < -0.3 is 14.2 Å². The van der Waals surface area contributed by atoms with E-state index in [2.05, 4.69) is 124 Å². The first-order valence-corrected chi connectivity index (χ1v) is 29.4.